The first kappa shape index (κ1) is 19.7. The fraction of sp³-hybridized carbons (Fsp3) is 0.278. The fourth-order valence-corrected chi connectivity index (χ4v) is 3.48. The highest BCUT2D eigenvalue weighted by molar-refractivity contribution is 6.31. The number of amides is 1. The SMILES string of the molecule is O=C(Nc1cc(Cl)ccc1[N+](=O)[O-])C1CCN(c2ccc(-n3cncn3)nn2)CC1. The fourth-order valence-electron chi connectivity index (χ4n) is 3.31. The first-order valence-corrected chi connectivity index (χ1v) is 9.57. The third-order valence-corrected chi connectivity index (χ3v) is 5.13. The van der Waals surface area contributed by atoms with Gasteiger partial charge in [0, 0.05) is 30.1 Å². The average molecular weight is 429 g/mol. The van der Waals surface area contributed by atoms with E-state index < -0.39 is 4.92 Å². The Morgan fingerprint density at radius 2 is 1.90 bits per heavy atom. The van der Waals surface area contributed by atoms with Gasteiger partial charge in [-0.1, -0.05) is 11.6 Å². The Hall–Kier alpha value is -3.60. The first-order chi connectivity index (χ1) is 14.5. The molecule has 4 rings (SSSR count). The minimum Gasteiger partial charge on any atom is -0.355 e. The highest BCUT2D eigenvalue weighted by Crippen LogP contribution is 2.29. The van der Waals surface area contributed by atoms with Crippen molar-refractivity contribution in [2.75, 3.05) is 23.3 Å². The predicted molar refractivity (Wildman–Crippen MR) is 109 cm³/mol. The van der Waals surface area contributed by atoms with Gasteiger partial charge in [-0.2, -0.15) is 5.10 Å². The minimum absolute atomic E-state index is 0.106. The Labute approximate surface area is 175 Å². The molecular weight excluding hydrogens is 412 g/mol. The molecule has 11 nitrogen and oxygen atoms in total. The zero-order valence-electron chi connectivity index (χ0n) is 15.7. The summed E-state index contributed by atoms with van der Waals surface area (Å²) in [6, 6.07) is 7.73. The lowest BCUT2D eigenvalue weighted by molar-refractivity contribution is -0.383. The number of nitrogens with zero attached hydrogens (tertiary/aromatic N) is 7. The molecule has 0 radical (unpaired) electrons. The number of carbonyl (C=O) groups is 1. The van der Waals surface area contributed by atoms with Crippen LogP contribution in [0, 0.1) is 16.0 Å². The molecule has 1 amide bonds. The second-order valence-corrected chi connectivity index (χ2v) is 7.20. The van der Waals surface area contributed by atoms with Crippen LogP contribution in [0.2, 0.25) is 5.02 Å². The minimum atomic E-state index is -0.545. The van der Waals surface area contributed by atoms with E-state index in [1.807, 2.05) is 11.0 Å². The molecule has 3 heterocycles. The molecule has 0 bridgehead atoms. The zero-order valence-corrected chi connectivity index (χ0v) is 16.4. The van der Waals surface area contributed by atoms with E-state index in [0.29, 0.717) is 42.6 Å². The summed E-state index contributed by atoms with van der Waals surface area (Å²) in [6.07, 6.45) is 4.14. The van der Waals surface area contributed by atoms with Gasteiger partial charge in [0.05, 0.1) is 4.92 Å². The van der Waals surface area contributed by atoms with E-state index in [1.165, 1.54) is 35.5 Å². The van der Waals surface area contributed by atoms with Crippen LogP contribution in [0.15, 0.2) is 43.0 Å². The largest absolute Gasteiger partial charge is 0.355 e. The van der Waals surface area contributed by atoms with Gasteiger partial charge >= 0.3 is 0 Å². The van der Waals surface area contributed by atoms with Crippen LogP contribution in [0.5, 0.6) is 0 Å². The van der Waals surface area contributed by atoms with Crippen molar-refractivity contribution in [3.63, 3.8) is 0 Å². The van der Waals surface area contributed by atoms with Gasteiger partial charge in [0.25, 0.3) is 5.69 Å². The van der Waals surface area contributed by atoms with Gasteiger partial charge in [0.1, 0.15) is 18.3 Å². The van der Waals surface area contributed by atoms with Crippen LogP contribution in [0.25, 0.3) is 5.82 Å². The molecule has 30 heavy (non-hydrogen) atoms. The average Bonchev–Trinajstić information content (AvgIpc) is 3.29. The molecule has 0 atom stereocenters. The van der Waals surface area contributed by atoms with Crippen molar-refractivity contribution in [3.05, 3.63) is 58.1 Å². The third kappa shape index (κ3) is 4.20. The van der Waals surface area contributed by atoms with Crippen molar-refractivity contribution in [2.45, 2.75) is 12.8 Å². The number of piperidine rings is 1. The molecule has 154 valence electrons. The van der Waals surface area contributed by atoms with Gasteiger partial charge in [0.15, 0.2) is 11.6 Å². The van der Waals surface area contributed by atoms with Crippen molar-refractivity contribution in [3.8, 4) is 5.82 Å². The Morgan fingerprint density at radius 3 is 2.53 bits per heavy atom. The lowest BCUT2D eigenvalue weighted by atomic mass is 9.95. The molecule has 2 aromatic heterocycles. The Morgan fingerprint density at radius 1 is 1.17 bits per heavy atom. The second kappa shape index (κ2) is 8.41. The van der Waals surface area contributed by atoms with Gasteiger partial charge in [-0.3, -0.25) is 14.9 Å². The van der Waals surface area contributed by atoms with E-state index in [4.69, 9.17) is 11.6 Å². The van der Waals surface area contributed by atoms with E-state index >= 15 is 0 Å². The Bertz CT molecular complexity index is 1050. The Kier molecular flexibility index (Phi) is 5.53. The van der Waals surface area contributed by atoms with Gasteiger partial charge in [-0.25, -0.2) is 9.67 Å². The van der Waals surface area contributed by atoms with Crippen LogP contribution in [-0.4, -0.2) is 48.9 Å². The number of anilines is 2. The number of hydrogen-bond donors (Lipinski definition) is 1. The number of halogens is 1. The number of aromatic nitrogens is 5. The predicted octanol–water partition coefficient (Wildman–Crippen LogP) is 2.47. The van der Waals surface area contributed by atoms with Crippen LogP contribution < -0.4 is 10.2 Å². The maximum absolute atomic E-state index is 12.6. The maximum atomic E-state index is 12.6. The number of nitro benzene ring substituents is 1. The van der Waals surface area contributed by atoms with Crippen molar-refractivity contribution in [1.29, 1.82) is 0 Å². The summed E-state index contributed by atoms with van der Waals surface area (Å²) in [6.45, 7) is 1.24. The van der Waals surface area contributed by atoms with Gasteiger partial charge < -0.3 is 10.2 Å². The molecule has 1 aromatic carbocycles. The summed E-state index contributed by atoms with van der Waals surface area (Å²) in [5.74, 6) is 0.756. The number of nitrogens with one attached hydrogen (secondary N) is 1. The van der Waals surface area contributed by atoms with Crippen molar-refractivity contribution >= 4 is 34.7 Å². The van der Waals surface area contributed by atoms with E-state index in [2.05, 4.69) is 25.6 Å². The monoisotopic (exact) mass is 428 g/mol. The van der Waals surface area contributed by atoms with Gasteiger partial charge in [0.2, 0.25) is 5.91 Å². The highest BCUT2D eigenvalue weighted by atomic mass is 35.5. The lowest BCUT2D eigenvalue weighted by Crippen LogP contribution is -2.38. The second-order valence-electron chi connectivity index (χ2n) is 6.76. The molecular formula is C18H17ClN8O3. The first-order valence-electron chi connectivity index (χ1n) is 9.20. The van der Waals surface area contributed by atoms with Crippen LogP contribution >= 0.6 is 11.6 Å². The van der Waals surface area contributed by atoms with E-state index in [0.717, 1.165) is 0 Å². The van der Waals surface area contributed by atoms with Crippen LogP contribution in [-0.2, 0) is 4.79 Å². The zero-order chi connectivity index (χ0) is 21.1. The number of benzene rings is 1. The number of rotatable bonds is 5. The van der Waals surface area contributed by atoms with Crippen molar-refractivity contribution in [1.82, 2.24) is 25.0 Å². The summed E-state index contributed by atoms with van der Waals surface area (Å²) in [7, 11) is 0. The molecule has 0 aliphatic carbocycles. The molecule has 1 aliphatic rings. The van der Waals surface area contributed by atoms with Gasteiger partial charge in [-0.05, 0) is 37.1 Å². The molecule has 1 N–H and O–H groups in total. The van der Waals surface area contributed by atoms with Crippen LogP contribution in [0.4, 0.5) is 17.2 Å². The third-order valence-electron chi connectivity index (χ3n) is 4.89. The summed E-state index contributed by atoms with van der Waals surface area (Å²) < 4.78 is 1.52. The number of nitro groups is 1. The van der Waals surface area contributed by atoms with E-state index in [1.54, 1.807) is 6.07 Å². The van der Waals surface area contributed by atoms with E-state index in [9.17, 15) is 14.9 Å². The molecule has 1 saturated heterocycles. The quantitative estimate of drug-likeness (QED) is 0.484. The van der Waals surface area contributed by atoms with Crippen LogP contribution in [0.3, 0.4) is 0 Å². The molecule has 1 aliphatic heterocycles. The van der Waals surface area contributed by atoms with Crippen LogP contribution in [0.1, 0.15) is 12.8 Å². The molecule has 0 spiro atoms. The maximum Gasteiger partial charge on any atom is 0.292 e. The molecule has 0 saturated carbocycles. The number of hydrogen-bond acceptors (Lipinski definition) is 8. The molecule has 1 fully saturated rings. The molecule has 12 heteroatoms. The van der Waals surface area contributed by atoms with Gasteiger partial charge in [-0.15, -0.1) is 10.2 Å². The normalized spacial score (nSPS) is 14.5. The summed E-state index contributed by atoms with van der Waals surface area (Å²) in [4.78, 5) is 29.2. The summed E-state index contributed by atoms with van der Waals surface area (Å²) >= 11 is 5.92. The standard InChI is InChI=1S/C18H17ClN8O3/c19-13-1-2-15(27(29)30)14(9-13)22-18(28)12-5-7-25(8-6-12)16-3-4-17(24-23-16)26-11-20-10-21-26/h1-4,9-12H,5-8H2,(H,22,28). The summed E-state index contributed by atoms with van der Waals surface area (Å²) in [5, 5.41) is 26.5. The van der Waals surface area contributed by atoms with Crippen molar-refractivity contribution in [2.24, 2.45) is 5.92 Å². The number of carbonyl (C=O) groups excluding carboxylic acids is 1. The smallest absolute Gasteiger partial charge is 0.292 e. The molecule has 0 unspecified atom stereocenters. The topological polar surface area (TPSA) is 132 Å². The lowest BCUT2D eigenvalue weighted by Gasteiger charge is -2.31. The summed E-state index contributed by atoms with van der Waals surface area (Å²) in [5.41, 5.74) is -0.0811. The Balaban J connectivity index is 1.37. The van der Waals surface area contributed by atoms with E-state index in [-0.39, 0.29) is 23.2 Å². The highest BCUT2D eigenvalue weighted by Gasteiger charge is 2.27. The van der Waals surface area contributed by atoms with Crippen molar-refractivity contribution < 1.29 is 9.72 Å². The molecule has 3 aromatic rings.